The Morgan fingerprint density at radius 1 is 1.10 bits per heavy atom. The van der Waals surface area contributed by atoms with Crippen LogP contribution in [0.4, 0.5) is 0 Å². The highest BCUT2D eigenvalue weighted by Crippen LogP contribution is 2.16. The van der Waals surface area contributed by atoms with Gasteiger partial charge in [-0.25, -0.2) is 4.99 Å². The molecule has 0 bridgehead atoms. The molecule has 0 aliphatic rings. The number of rotatable bonds is 11. The van der Waals surface area contributed by atoms with Crippen LogP contribution in [0.1, 0.15) is 30.6 Å². The van der Waals surface area contributed by atoms with E-state index in [2.05, 4.69) is 15.6 Å². The number of aliphatic hydroxyl groups is 1. The Kier molecular flexibility index (Phi) is 10.3. The van der Waals surface area contributed by atoms with Crippen molar-refractivity contribution in [2.45, 2.75) is 26.0 Å². The van der Waals surface area contributed by atoms with Gasteiger partial charge in [0, 0.05) is 31.3 Å². The predicted octanol–water partition coefficient (Wildman–Crippen LogP) is 3.54. The van der Waals surface area contributed by atoms with E-state index in [1.54, 1.807) is 19.2 Å². The minimum Gasteiger partial charge on any atom is -0.497 e. The smallest absolute Gasteiger partial charge is 0.191 e. The van der Waals surface area contributed by atoms with Gasteiger partial charge in [-0.05, 0) is 48.7 Å². The molecular weight excluding hydrogens is 390 g/mol. The number of aliphatic imine (C=N–C) groups is 1. The number of nitrogens with zero attached hydrogens (tertiary/aromatic N) is 1. The lowest BCUT2D eigenvalue weighted by Gasteiger charge is -2.16. The highest BCUT2D eigenvalue weighted by Gasteiger charge is 2.09. The topological polar surface area (TPSA) is 75.1 Å². The van der Waals surface area contributed by atoms with E-state index in [9.17, 15) is 5.11 Å². The summed E-state index contributed by atoms with van der Waals surface area (Å²) in [6, 6.07) is 15.0. The lowest BCUT2D eigenvalue weighted by Crippen LogP contribution is -2.40. The Balaban J connectivity index is 1.93. The monoisotopic (exact) mass is 419 g/mol. The van der Waals surface area contributed by atoms with E-state index in [-0.39, 0.29) is 0 Å². The van der Waals surface area contributed by atoms with E-state index in [0.29, 0.717) is 37.3 Å². The number of halogens is 1. The van der Waals surface area contributed by atoms with E-state index in [4.69, 9.17) is 21.1 Å². The maximum absolute atomic E-state index is 10.4. The minimum absolute atomic E-state index is 0.335. The van der Waals surface area contributed by atoms with Gasteiger partial charge in [-0.3, -0.25) is 0 Å². The zero-order valence-electron chi connectivity index (χ0n) is 17.0. The van der Waals surface area contributed by atoms with Crippen molar-refractivity contribution in [3.63, 3.8) is 0 Å². The van der Waals surface area contributed by atoms with Crippen LogP contribution in [0.5, 0.6) is 5.75 Å². The maximum atomic E-state index is 10.4. The van der Waals surface area contributed by atoms with Gasteiger partial charge in [-0.1, -0.05) is 35.9 Å². The third kappa shape index (κ3) is 8.73. The summed E-state index contributed by atoms with van der Waals surface area (Å²) in [5, 5.41) is 17.6. The highest BCUT2D eigenvalue weighted by atomic mass is 35.5. The average Bonchev–Trinajstić information content (AvgIpc) is 2.75. The van der Waals surface area contributed by atoms with E-state index >= 15 is 0 Å². The number of aliphatic hydroxyl groups excluding tert-OH is 1. The van der Waals surface area contributed by atoms with Gasteiger partial charge in [0.05, 0.1) is 19.8 Å². The number of methoxy groups -OCH3 is 1. The lowest BCUT2D eigenvalue weighted by molar-refractivity contribution is 0.145. The molecule has 0 radical (unpaired) electrons. The third-order valence-electron chi connectivity index (χ3n) is 4.26. The van der Waals surface area contributed by atoms with Crippen molar-refractivity contribution in [2.24, 2.45) is 4.99 Å². The molecule has 158 valence electrons. The Labute approximate surface area is 177 Å². The zero-order valence-corrected chi connectivity index (χ0v) is 17.8. The molecule has 0 saturated heterocycles. The molecule has 0 aromatic heterocycles. The number of hydrogen-bond acceptors (Lipinski definition) is 4. The van der Waals surface area contributed by atoms with Crippen LogP contribution < -0.4 is 15.4 Å². The summed E-state index contributed by atoms with van der Waals surface area (Å²) in [7, 11) is 1.65. The largest absolute Gasteiger partial charge is 0.497 e. The summed E-state index contributed by atoms with van der Waals surface area (Å²) in [6.07, 6.45) is 0.209. The molecule has 1 unspecified atom stereocenters. The molecule has 0 spiro atoms. The molecule has 7 heteroatoms. The highest BCUT2D eigenvalue weighted by molar-refractivity contribution is 6.30. The zero-order chi connectivity index (χ0) is 20.9. The van der Waals surface area contributed by atoms with Crippen molar-refractivity contribution in [2.75, 3.05) is 33.4 Å². The quantitative estimate of drug-likeness (QED) is 0.295. The predicted molar refractivity (Wildman–Crippen MR) is 118 cm³/mol. The van der Waals surface area contributed by atoms with Crippen LogP contribution in [0.3, 0.4) is 0 Å². The first-order valence-electron chi connectivity index (χ1n) is 9.78. The number of ether oxygens (including phenoxy) is 2. The maximum Gasteiger partial charge on any atom is 0.191 e. The van der Waals surface area contributed by atoms with Crippen LogP contribution in [0.25, 0.3) is 0 Å². The molecule has 2 aromatic carbocycles. The Bertz CT molecular complexity index is 736. The van der Waals surface area contributed by atoms with Crippen molar-refractivity contribution < 1.29 is 14.6 Å². The van der Waals surface area contributed by atoms with Crippen molar-refractivity contribution >= 4 is 17.6 Å². The summed E-state index contributed by atoms with van der Waals surface area (Å²) in [5.74, 6) is 1.46. The second-order valence-corrected chi connectivity index (χ2v) is 6.87. The Morgan fingerprint density at radius 2 is 1.83 bits per heavy atom. The van der Waals surface area contributed by atoms with Crippen LogP contribution in [0.2, 0.25) is 5.02 Å². The van der Waals surface area contributed by atoms with Gasteiger partial charge in [0.1, 0.15) is 5.75 Å². The van der Waals surface area contributed by atoms with Crippen LogP contribution in [0, 0.1) is 0 Å². The molecule has 0 saturated carbocycles. The summed E-state index contributed by atoms with van der Waals surface area (Å²) in [4.78, 5) is 4.63. The van der Waals surface area contributed by atoms with Crippen molar-refractivity contribution in [1.29, 1.82) is 0 Å². The van der Waals surface area contributed by atoms with Gasteiger partial charge < -0.3 is 25.2 Å². The first-order chi connectivity index (χ1) is 14.1. The molecule has 6 nitrogen and oxygen atoms in total. The Morgan fingerprint density at radius 3 is 2.48 bits per heavy atom. The molecular formula is C22H30ClN3O3. The molecule has 2 rings (SSSR count). The van der Waals surface area contributed by atoms with E-state index in [1.165, 1.54) is 0 Å². The first-order valence-corrected chi connectivity index (χ1v) is 10.2. The molecule has 0 heterocycles. The lowest BCUT2D eigenvalue weighted by atomic mass is 10.1. The summed E-state index contributed by atoms with van der Waals surface area (Å²) < 4.78 is 10.6. The van der Waals surface area contributed by atoms with Crippen LogP contribution >= 0.6 is 11.6 Å². The Hall–Kier alpha value is -2.28. The van der Waals surface area contributed by atoms with Gasteiger partial charge in [-0.15, -0.1) is 0 Å². The van der Waals surface area contributed by atoms with Crippen LogP contribution in [0.15, 0.2) is 53.5 Å². The summed E-state index contributed by atoms with van der Waals surface area (Å²) in [5.41, 5.74) is 1.87. The third-order valence-corrected chi connectivity index (χ3v) is 4.51. The fourth-order valence-corrected chi connectivity index (χ4v) is 2.72. The molecule has 0 aliphatic heterocycles. The van der Waals surface area contributed by atoms with Crippen molar-refractivity contribution in [3.05, 3.63) is 64.7 Å². The van der Waals surface area contributed by atoms with Crippen LogP contribution in [-0.2, 0) is 11.3 Å². The van der Waals surface area contributed by atoms with E-state index in [0.717, 1.165) is 29.8 Å². The van der Waals surface area contributed by atoms with Gasteiger partial charge in [0.15, 0.2) is 5.96 Å². The average molecular weight is 420 g/mol. The van der Waals surface area contributed by atoms with E-state index < -0.39 is 6.10 Å². The number of guanidine groups is 1. The van der Waals surface area contributed by atoms with Gasteiger partial charge in [0.25, 0.3) is 0 Å². The fraction of sp³-hybridized carbons (Fsp3) is 0.409. The second-order valence-electron chi connectivity index (χ2n) is 6.44. The molecule has 0 fully saturated rings. The van der Waals surface area contributed by atoms with Gasteiger partial charge >= 0.3 is 0 Å². The fourth-order valence-electron chi connectivity index (χ4n) is 2.60. The molecule has 2 aromatic rings. The van der Waals surface area contributed by atoms with E-state index in [1.807, 2.05) is 43.3 Å². The van der Waals surface area contributed by atoms with Gasteiger partial charge in [-0.2, -0.15) is 0 Å². The number of nitrogens with one attached hydrogen (secondary N) is 2. The number of hydrogen-bond donors (Lipinski definition) is 3. The number of benzene rings is 2. The molecule has 0 amide bonds. The molecule has 3 N–H and O–H groups in total. The SMILES string of the molecule is CCOCCCNC(=NCc1ccc(OC)cc1)NCC(O)c1ccc(Cl)cc1. The standard InChI is InChI=1S/C22H30ClN3O3/c1-3-29-14-4-13-24-22(25-15-17-5-11-20(28-2)12-6-17)26-16-21(27)18-7-9-19(23)10-8-18/h5-12,21,27H,3-4,13-16H2,1-2H3,(H2,24,25,26). The van der Waals surface area contributed by atoms with Crippen LogP contribution in [-0.4, -0.2) is 44.5 Å². The molecule has 1 atom stereocenters. The second kappa shape index (κ2) is 13.0. The normalized spacial score (nSPS) is 12.5. The van der Waals surface area contributed by atoms with Crippen molar-refractivity contribution in [3.8, 4) is 5.75 Å². The molecule has 29 heavy (non-hydrogen) atoms. The minimum atomic E-state index is -0.663. The van der Waals surface area contributed by atoms with Gasteiger partial charge in [0.2, 0.25) is 0 Å². The van der Waals surface area contributed by atoms with Crippen molar-refractivity contribution in [1.82, 2.24) is 10.6 Å². The summed E-state index contributed by atoms with van der Waals surface area (Å²) in [6.45, 7) is 4.97. The summed E-state index contributed by atoms with van der Waals surface area (Å²) >= 11 is 5.91. The first kappa shape index (κ1) is 23.0. The molecule has 0 aliphatic carbocycles.